The molecule has 1 N–H and O–H groups in total. The summed E-state index contributed by atoms with van der Waals surface area (Å²) < 4.78 is 4.52. The van der Waals surface area contributed by atoms with Crippen LogP contribution in [0, 0.1) is 14.3 Å². The molecular weight excluding hydrogens is 668 g/mol. The number of benzene rings is 2. The molecule has 0 saturated carbocycles. The lowest BCUT2D eigenvalue weighted by molar-refractivity contribution is 0.471. The first-order valence-electron chi connectivity index (χ1n) is 4.63. The number of rotatable bonds is 1. The van der Waals surface area contributed by atoms with Crippen molar-refractivity contribution < 1.29 is 5.11 Å². The Balaban J connectivity index is 2.69. The van der Waals surface area contributed by atoms with E-state index < -0.39 is 0 Å². The van der Waals surface area contributed by atoms with Crippen LogP contribution >= 0.6 is 90.4 Å². The predicted molar refractivity (Wildman–Crippen MR) is 104 cm³/mol. The van der Waals surface area contributed by atoms with E-state index in [-0.39, 0.29) is 0 Å². The van der Waals surface area contributed by atoms with Crippen molar-refractivity contribution >= 4 is 90.4 Å². The number of hydrogen-bond acceptors (Lipinski definition) is 1. The molecule has 0 aromatic heterocycles. The fourth-order valence-corrected chi connectivity index (χ4v) is 3.82. The van der Waals surface area contributed by atoms with Gasteiger partial charge in [0.25, 0.3) is 0 Å². The largest absolute Gasteiger partial charge is 0.507 e. The SMILES string of the molecule is Oc1ccc(-c2cccc(I)c2I)c(I)c1I. The molecule has 0 spiro atoms. The number of hydrogen-bond donors (Lipinski definition) is 1. The van der Waals surface area contributed by atoms with Gasteiger partial charge in [-0.05, 0) is 120 Å². The zero-order valence-electron chi connectivity index (χ0n) is 8.35. The first-order chi connectivity index (χ1) is 8.02. The lowest BCUT2D eigenvalue weighted by Crippen LogP contribution is -1.91. The Labute approximate surface area is 154 Å². The summed E-state index contributed by atoms with van der Waals surface area (Å²) in [6, 6.07) is 10.0. The van der Waals surface area contributed by atoms with Crippen molar-refractivity contribution in [3.05, 3.63) is 44.6 Å². The molecule has 0 aliphatic heterocycles. The van der Waals surface area contributed by atoms with Gasteiger partial charge in [0.05, 0.1) is 3.57 Å². The highest BCUT2D eigenvalue weighted by molar-refractivity contribution is 14.1. The van der Waals surface area contributed by atoms with Crippen LogP contribution in [0.2, 0.25) is 0 Å². The van der Waals surface area contributed by atoms with Gasteiger partial charge in [0, 0.05) is 10.7 Å². The maximum atomic E-state index is 9.68. The highest BCUT2D eigenvalue weighted by Gasteiger charge is 2.13. The third-order valence-electron chi connectivity index (χ3n) is 2.30. The van der Waals surface area contributed by atoms with Crippen LogP contribution in [-0.4, -0.2) is 5.11 Å². The Hall–Kier alpha value is 1.16. The van der Waals surface area contributed by atoms with Gasteiger partial charge < -0.3 is 5.11 Å². The van der Waals surface area contributed by atoms with Crippen molar-refractivity contribution in [1.82, 2.24) is 0 Å². The van der Waals surface area contributed by atoms with Crippen molar-refractivity contribution in [2.24, 2.45) is 0 Å². The lowest BCUT2D eigenvalue weighted by Gasteiger charge is -2.11. The Morgan fingerprint density at radius 1 is 0.706 bits per heavy atom. The summed E-state index contributed by atoms with van der Waals surface area (Å²) in [5, 5.41) is 9.68. The molecule has 0 aliphatic carbocycles. The molecular formula is C12H6I4O. The van der Waals surface area contributed by atoms with Crippen molar-refractivity contribution in [2.75, 3.05) is 0 Å². The van der Waals surface area contributed by atoms with E-state index in [0.29, 0.717) is 5.75 Å². The van der Waals surface area contributed by atoms with Gasteiger partial charge in [-0.3, -0.25) is 0 Å². The van der Waals surface area contributed by atoms with E-state index in [1.807, 2.05) is 6.07 Å². The quantitative estimate of drug-likeness (QED) is 0.398. The average molecular weight is 674 g/mol. The molecule has 5 heteroatoms. The van der Waals surface area contributed by atoms with Gasteiger partial charge in [-0.1, -0.05) is 12.1 Å². The van der Waals surface area contributed by atoms with Crippen molar-refractivity contribution in [1.29, 1.82) is 0 Å². The number of aromatic hydroxyl groups is 1. The molecule has 0 aliphatic rings. The molecule has 0 amide bonds. The number of phenols is 1. The van der Waals surface area contributed by atoms with Gasteiger partial charge in [-0.25, -0.2) is 0 Å². The molecule has 0 atom stereocenters. The Kier molecular flexibility index (Phi) is 5.21. The molecule has 0 saturated heterocycles. The Bertz CT molecular complexity index is 581. The summed E-state index contributed by atoms with van der Waals surface area (Å²) in [5.41, 5.74) is 2.40. The molecule has 0 radical (unpaired) electrons. The summed E-state index contributed by atoms with van der Waals surface area (Å²) in [4.78, 5) is 0. The van der Waals surface area contributed by atoms with Gasteiger partial charge in [-0.15, -0.1) is 0 Å². The summed E-state index contributed by atoms with van der Waals surface area (Å²) >= 11 is 9.18. The summed E-state index contributed by atoms with van der Waals surface area (Å²) in [6.45, 7) is 0. The maximum absolute atomic E-state index is 9.68. The first kappa shape index (κ1) is 14.6. The molecule has 2 rings (SSSR count). The van der Waals surface area contributed by atoms with Crippen LogP contribution in [0.25, 0.3) is 11.1 Å². The van der Waals surface area contributed by atoms with Crippen LogP contribution in [0.4, 0.5) is 0 Å². The third kappa shape index (κ3) is 3.02. The van der Waals surface area contributed by atoms with Gasteiger partial charge in [0.1, 0.15) is 5.75 Å². The first-order valence-corrected chi connectivity index (χ1v) is 8.95. The monoisotopic (exact) mass is 674 g/mol. The van der Waals surface area contributed by atoms with Crippen LogP contribution in [0.1, 0.15) is 0 Å². The van der Waals surface area contributed by atoms with E-state index in [2.05, 4.69) is 109 Å². The van der Waals surface area contributed by atoms with Gasteiger partial charge in [0.15, 0.2) is 0 Å². The van der Waals surface area contributed by atoms with E-state index in [1.54, 1.807) is 6.07 Å². The average Bonchev–Trinajstić information content (AvgIpc) is 2.31. The van der Waals surface area contributed by atoms with Crippen LogP contribution in [-0.2, 0) is 0 Å². The molecule has 17 heavy (non-hydrogen) atoms. The van der Waals surface area contributed by atoms with Crippen molar-refractivity contribution in [3.63, 3.8) is 0 Å². The minimum Gasteiger partial charge on any atom is -0.507 e. The zero-order chi connectivity index (χ0) is 12.6. The zero-order valence-corrected chi connectivity index (χ0v) is 17.0. The van der Waals surface area contributed by atoms with Crippen LogP contribution < -0.4 is 0 Å². The van der Waals surface area contributed by atoms with Gasteiger partial charge in [-0.2, -0.15) is 0 Å². The van der Waals surface area contributed by atoms with E-state index in [9.17, 15) is 5.11 Å². The molecule has 0 fully saturated rings. The summed E-state index contributed by atoms with van der Waals surface area (Å²) in [7, 11) is 0. The van der Waals surface area contributed by atoms with E-state index >= 15 is 0 Å². The van der Waals surface area contributed by atoms with E-state index in [0.717, 1.165) is 7.14 Å². The second kappa shape index (κ2) is 6.07. The third-order valence-corrected chi connectivity index (χ3v) is 8.64. The summed E-state index contributed by atoms with van der Waals surface area (Å²) in [5.74, 6) is 0.347. The Morgan fingerprint density at radius 3 is 2.06 bits per heavy atom. The minimum absolute atomic E-state index is 0.347. The van der Waals surface area contributed by atoms with Crippen LogP contribution in [0.3, 0.4) is 0 Å². The smallest absolute Gasteiger partial charge is 0.130 e. The highest BCUT2D eigenvalue weighted by Crippen LogP contribution is 2.36. The van der Waals surface area contributed by atoms with E-state index in [4.69, 9.17) is 0 Å². The second-order valence-corrected chi connectivity index (χ2v) is 7.76. The van der Waals surface area contributed by atoms with Crippen LogP contribution in [0.15, 0.2) is 30.3 Å². The predicted octanol–water partition coefficient (Wildman–Crippen LogP) is 5.48. The number of halogens is 4. The van der Waals surface area contributed by atoms with Crippen molar-refractivity contribution in [3.8, 4) is 16.9 Å². The number of phenolic OH excluding ortho intramolecular Hbond substituents is 1. The molecule has 88 valence electrons. The van der Waals surface area contributed by atoms with Gasteiger partial charge in [0.2, 0.25) is 0 Å². The Morgan fingerprint density at radius 2 is 1.35 bits per heavy atom. The molecule has 0 bridgehead atoms. The molecule has 0 unspecified atom stereocenters. The van der Waals surface area contributed by atoms with Crippen LogP contribution in [0.5, 0.6) is 5.75 Å². The minimum atomic E-state index is 0.347. The standard InChI is InChI=1S/C12H6I4O/c13-8-3-1-2-6(10(8)14)7-4-5-9(17)12(16)11(7)15/h1-5,17H. The second-order valence-electron chi connectivity index (χ2n) is 3.36. The molecule has 2 aromatic rings. The topological polar surface area (TPSA) is 20.2 Å². The van der Waals surface area contributed by atoms with Crippen molar-refractivity contribution in [2.45, 2.75) is 0 Å². The fraction of sp³-hybridized carbons (Fsp3) is 0. The molecule has 2 aromatic carbocycles. The lowest BCUT2D eigenvalue weighted by atomic mass is 10.1. The highest BCUT2D eigenvalue weighted by atomic mass is 127. The molecule has 0 heterocycles. The molecule has 1 nitrogen and oxygen atoms in total. The fourth-order valence-electron chi connectivity index (χ4n) is 1.46. The van der Waals surface area contributed by atoms with Gasteiger partial charge >= 0.3 is 0 Å². The summed E-state index contributed by atoms with van der Waals surface area (Å²) in [6.07, 6.45) is 0. The van der Waals surface area contributed by atoms with E-state index in [1.165, 1.54) is 18.3 Å². The maximum Gasteiger partial charge on any atom is 0.130 e. The normalized spacial score (nSPS) is 10.6.